The number of anilines is 1. The summed E-state index contributed by atoms with van der Waals surface area (Å²) in [5, 5.41) is 9.01. The van der Waals surface area contributed by atoms with Crippen molar-refractivity contribution in [2.45, 2.75) is 27.7 Å². The summed E-state index contributed by atoms with van der Waals surface area (Å²) < 4.78 is 1.89. The molecule has 6 heteroatoms. The Balaban J connectivity index is 1.60. The second-order valence-electron chi connectivity index (χ2n) is 8.88. The number of amides is 1. The standard InChI is InChI=1S/C29H25ClN4O/c1-17-5-10-22(11-6-17)34-20(4)25(16-31-34)28-15-24(23-13-18(2)7-12-27(23)33-28)29(35)32-21-9-8-19(3)26(30)14-21/h5-16H,1-4H3,(H,32,35). The maximum atomic E-state index is 13.5. The molecule has 5 nitrogen and oxygen atoms in total. The molecule has 174 valence electrons. The number of hydrogen-bond acceptors (Lipinski definition) is 3. The maximum absolute atomic E-state index is 13.5. The van der Waals surface area contributed by atoms with Gasteiger partial charge in [-0.3, -0.25) is 4.79 Å². The fraction of sp³-hybridized carbons (Fsp3) is 0.138. The Bertz CT molecular complexity index is 1590. The third-order valence-corrected chi connectivity index (χ3v) is 6.61. The fourth-order valence-corrected chi connectivity index (χ4v) is 4.32. The zero-order valence-corrected chi connectivity index (χ0v) is 20.8. The Morgan fingerprint density at radius 1 is 0.886 bits per heavy atom. The van der Waals surface area contributed by atoms with Crippen molar-refractivity contribution in [2.75, 3.05) is 5.32 Å². The molecular formula is C29H25ClN4O. The Hall–Kier alpha value is -3.96. The van der Waals surface area contributed by atoms with Gasteiger partial charge in [0.25, 0.3) is 5.91 Å². The van der Waals surface area contributed by atoms with Crippen molar-refractivity contribution < 1.29 is 4.79 Å². The van der Waals surface area contributed by atoms with Crippen molar-refractivity contribution in [3.05, 3.63) is 106 Å². The molecule has 0 bridgehead atoms. The van der Waals surface area contributed by atoms with Gasteiger partial charge in [-0.2, -0.15) is 5.10 Å². The maximum Gasteiger partial charge on any atom is 0.256 e. The van der Waals surface area contributed by atoms with Crippen LogP contribution in [0.4, 0.5) is 5.69 Å². The summed E-state index contributed by atoms with van der Waals surface area (Å²) in [6.45, 7) is 8.00. The van der Waals surface area contributed by atoms with Crippen LogP contribution in [0, 0.1) is 27.7 Å². The summed E-state index contributed by atoms with van der Waals surface area (Å²) in [7, 11) is 0. The number of halogens is 1. The second-order valence-corrected chi connectivity index (χ2v) is 9.29. The summed E-state index contributed by atoms with van der Waals surface area (Å²) >= 11 is 6.27. The Kier molecular flexibility index (Phi) is 5.87. The van der Waals surface area contributed by atoms with Crippen molar-refractivity contribution in [1.29, 1.82) is 0 Å². The van der Waals surface area contributed by atoms with E-state index in [9.17, 15) is 4.79 Å². The molecule has 5 aromatic rings. The monoisotopic (exact) mass is 480 g/mol. The van der Waals surface area contributed by atoms with E-state index >= 15 is 0 Å². The van der Waals surface area contributed by atoms with E-state index in [0.717, 1.165) is 39.0 Å². The third-order valence-electron chi connectivity index (χ3n) is 6.20. The normalized spacial score (nSPS) is 11.1. The number of nitrogens with zero attached hydrogens (tertiary/aromatic N) is 3. The molecule has 0 fully saturated rings. The summed E-state index contributed by atoms with van der Waals surface area (Å²) in [6, 6.07) is 21.5. The summed E-state index contributed by atoms with van der Waals surface area (Å²) in [5.74, 6) is -0.215. The molecule has 2 heterocycles. The van der Waals surface area contributed by atoms with Crippen LogP contribution in [-0.2, 0) is 0 Å². The minimum Gasteiger partial charge on any atom is -0.322 e. The molecule has 35 heavy (non-hydrogen) atoms. The third kappa shape index (κ3) is 4.43. The molecule has 0 unspecified atom stereocenters. The van der Waals surface area contributed by atoms with Gasteiger partial charge in [0.1, 0.15) is 0 Å². The van der Waals surface area contributed by atoms with Crippen LogP contribution in [0.1, 0.15) is 32.7 Å². The van der Waals surface area contributed by atoms with Crippen molar-refractivity contribution in [2.24, 2.45) is 0 Å². The number of benzene rings is 3. The van der Waals surface area contributed by atoms with Crippen LogP contribution in [0.3, 0.4) is 0 Å². The lowest BCUT2D eigenvalue weighted by molar-refractivity contribution is 0.102. The van der Waals surface area contributed by atoms with E-state index in [4.69, 9.17) is 16.6 Å². The van der Waals surface area contributed by atoms with E-state index in [2.05, 4.69) is 29.5 Å². The van der Waals surface area contributed by atoms with Crippen LogP contribution in [-0.4, -0.2) is 20.7 Å². The molecule has 0 saturated heterocycles. The van der Waals surface area contributed by atoms with Gasteiger partial charge in [-0.05, 0) is 75.7 Å². The molecule has 1 N–H and O–H groups in total. The Morgan fingerprint density at radius 3 is 2.37 bits per heavy atom. The molecule has 2 aromatic heterocycles. The second kappa shape index (κ2) is 9.01. The van der Waals surface area contributed by atoms with E-state index < -0.39 is 0 Å². The average molecular weight is 481 g/mol. The Morgan fingerprint density at radius 2 is 1.63 bits per heavy atom. The summed E-state index contributed by atoms with van der Waals surface area (Å²) in [6.07, 6.45) is 1.80. The Labute approximate surface area is 209 Å². The highest BCUT2D eigenvalue weighted by Gasteiger charge is 2.18. The van der Waals surface area contributed by atoms with Gasteiger partial charge in [0.15, 0.2) is 0 Å². The number of aryl methyl sites for hydroxylation is 3. The number of nitrogens with one attached hydrogen (secondary N) is 1. The molecule has 0 atom stereocenters. The summed E-state index contributed by atoms with van der Waals surface area (Å²) in [4.78, 5) is 18.3. The highest BCUT2D eigenvalue weighted by molar-refractivity contribution is 6.31. The number of aromatic nitrogens is 3. The van der Waals surface area contributed by atoms with E-state index in [0.29, 0.717) is 22.0 Å². The minimum atomic E-state index is -0.215. The minimum absolute atomic E-state index is 0.215. The lowest BCUT2D eigenvalue weighted by Gasteiger charge is -2.12. The average Bonchev–Trinajstić information content (AvgIpc) is 3.22. The first kappa shape index (κ1) is 22.8. The van der Waals surface area contributed by atoms with E-state index in [1.54, 1.807) is 12.3 Å². The van der Waals surface area contributed by atoms with Gasteiger partial charge >= 0.3 is 0 Å². The van der Waals surface area contributed by atoms with E-state index in [-0.39, 0.29) is 5.91 Å². The SMILES string of the molecule is Cc1ccc(-n2ncc(-c3cc(C(=O)Nc4ccc(C)c(Cl)c4)c4cc(C)ccc4n3)c2C)cc1. The first-order chi connectivity index (χ1) is 16.8. The van der Waals surface area contributed by atoms with Gasteiger partial charge in [-0.1, -0.05) is 47.0 Å². The topological polar surface area (TPSA) is 59.8 Å². The van der Waals surface area contributed by atoms with Gasteiger partial charge in [-0.15, -0.1) is 0 Å². The molecule has 0 saturated carbocycles. The first-order valence-corrected chi connectivity index (χ1v) is 11.8. The van der Waals surface area contributed by atoms with Crippen LogP contribution in [0.5, 0.6) is 0 Å². The molecule has 0 aliphatic heterocycles. The van der Waals surface area contributed by atoms with Gasteiger partial charge in [0.05, 0.1) is 34.4 Å². The largest absolute Gasteiger partial charge is 0.322 e. The van der Waals surface area contributed by atoms with Crippen LogP contribution >= 0.6 is 11.6 Å². The predicted octanol–water partition coefficient (Wildman–Crippen LogP) is 7.23. The number of carbonyl (C=O) groups excluding carboxylic acids is 1. The zero-order chi connectivity index (χ0) is 24.7. The van der Waals surface area contributed by atoms with Gasteiger partial charge in [0, 0.05) is 21.7 Å². The smallest absolute Gasteiger partial charge is 0.256 e. The number of pyridine rings is 1. The first-order valence-electron chi connectivity index (χ1n) is 11.4. The van der Waals surface area contributed by atoms with Crippen molar-refractivity contribution in [1.82, 2.24) is 14.8 Å². The highest BCUT2D eigenvalue weighted by atomic mass is 35.5. The number of hydrogen-bond donors (Lipinski definition) is 1. The van der Waals surface area contributed by atoms with Crippen LogP contribution in [0.2, 0.25) is 5.02 Å². The molecule has 0 aliphatic rings. The molecule has 1 amide bonds. The lowest BCUT2D eigenvalue weighted by Crippen LogP contribution is -2.13. The molecule has 0 aliphatic carbocycles. The van der Waals surface area contributed by atoms with Crippen LogP contribution < -0.4 is 5.32 Å². The van der Waals surface area contributed by atoms with Crippen molar-refractivity contribution in [3.8, 4) is 16.9 Å². The van der Waals surface area contributed by atoms with Gasteiger partial charge in [-0.25, -0.2) is 9.67 Å². The predicted molar refractivity (Wildman–Crippen MR) is 143 cm³/mol. The number of fused-ring (bicyclic) bond motifs is 1. The fourth-order valence-electron chi connectivity index (χ4n) is 4.14. The molecule has 3 aromatic carbocycles. The molecule has 0 radical (unpaired) electrons. The molecule has 0 spiro atoms. The lowest BCUT2D eigenvalue weighted by atomic mass is 10.0. The van der Waals surface area contributed by atoms with Crippen LogP contribution in [0.25, 0.3) is 27.8 Å². The molecule has 5 rings (SSSR count). The number of carbonyl (C=O) groups is 1. The van der Waals surface area contributed by atoms with Crippen LogP contribution in [0.15, 0.2) is 72.9 Å². The van der Waals surface area contributed by atoms with Gasteiger partial charge in [0.2, 0.25) is 0 Å². The van der Waals surface area contributed by atoms with E-state index in [1.807, 2.05) is 74.0 Å². The van der Waals surface area contributed by atoms with Crippen molar-refractivity contribution >= 4 is 34.1 Å². The highest BCUT2D eigenvalue weighted by Crippen LogP contribution is 2.30. The molecular weight excluding hydrogens is 456 g/mol. The summed E-state index contributed by atoms with van der Waals surface area (Å²) in [5.41, 5.74) is 8.65. The van der Waals surface area contributed by atoms with E-state index in [1.165, 1.54) is 5.56 Å². The van der Waals surface area contributed by atoms with Crippen molar-refractivity contribution in [3.63, 3.8) is 0 Å². The quantitative estimate of drug-likeness (QED) is 0.295. The zero-order valence-electron chi connectivity index (χ0n) is 20.1. The number of rotatable bonds is 4. The van der Waals surface area contributed by atoms with Gasteiger partial charge < -0.3 is 5.32 Å².